The van der Waals surface area contributed by atoms with E-state index in [4.69, 9.17) is 10.5 Å². The zero-order valence-electron chi connectivity index (χ0n) is 14.1. The number of hydrogen-bond acceptors (Lipinski definition) is 5. The summed E-state index contributed by atoms with van der Waals surface area (Å²) in [5.41, 5.74) is 7.30. The number of nitrogens with zero attached hydrogens (tertiary/aromatic N) is 1. The molecule has 3 N–H and O–H groups in total. The van der Waals surface area contributed by atoms with E-state index in [9.17, 15) is 4.79 Å². The van der Waals surface area contributed by atoms with Crippen molar-refractivity contribution in [3.8, 4) is 0 Å². The Balaban J connectivity index is 1.36. The average molecular weight is 357 g/mol. The third kappa shape index (κ3) is 3.21. The van der Waals surface area contributed by atoms with E-state index < -0.39 is 0 Å². The SMILES string of the molecule is NCC1(c2ccccc2)CC(NC(=O)c2cnc([C@@H]3CCCO3)s2)C1. The molecule has 0 unspecified atom stereocenters. The Morgan fingerprint density at radius 1 is 1.36 bits per heavy atom. The summed E-state index contributed by atoms with van der Waals surface area (Å²) in [5.74, 6) is -0.0366. The van der Waals surface area contributed by atoms with Gasteiger partial charge in [0.1, 0.15) is 16.0 Å². The largest absolute Gasteiger partial charge is 0.371 e. The molecule has 5 nitrogen and oxygen atoms in total. The summed E-state index contributed by atoms with van der Waals surface area (Å²) in [7, 11) is 0. The van der Waals surface area contributed by atoms with Crippen molar-refractivity contribution in [2.75, 3.05) is 13.2 Å². The number of hydrogen-bond donors (Lipinski definition) is 2. The van der Waals surface area contributed by atoms with Crippen molar-refractivity contribution >= 4 is 17.2 Å². The number of thiazole rings is 1. The Hall–Kier alpha value is -1.76. The van der Waals surface area contributed by atoms with Crippen molar-refractivity contribution in [2.45, 2.75) is 43.2 Å². The zero-order valence-corrected chi connectivity index (χ0v) is 14.9. The molecule has 6 heteroatoms. The van der Waals surface area contributed by atoms with Gasteiger partial charge in [-0.05, 0) is 31.2 Å². The normalized spacial score (nSPS) is 28.5. The number of benzene rings is 1. The van der Waals surface area contributed by atoms with Crippen LogP contribution < -0.4 is 11.1 Å². The second kappa shape index (κ2) is 6.86. The molecule has 1 aromatic heterocycles. The van der Waals surface area contributed by atoms with Gasteiger partial charge in [-0.15, -0.1) is 11.3 Å². The van der Waals surface area contributed by atoms with E-state index >= 15 is 0 Å². The molecule has 2 fully saturated rings. The van der Waals surface area contributed by atoms with Crippen LogP contribution in [0.5, 0.6) is 0 Å². The molecular formula is C19H23N3O2S. The minimum absolute atomic E-state index is 0.00421. The first-order valence-electron chi connectivity index (χ1n) is 8.84. The fourth-order valence-corrected chi connectivity index (χ4v) is 4.77. The van der Waals surface area contributed by atoms with Gasteiger partial charge in [0.15, 0.2) is 0 Å². The van der Waals surface area contributed by atoms with E-state index in [0.717, 1.165) is 37.3 Å². The van der Waals surface area contributed by atoms with Gasteiger partial charge in [-0.3, -0.25) is 4.79 Å². The predicted molar refractivity (Wildman–Crippen MR) is 97.7 cm³/mol. The molecule has 1 aliphatic carbocycles. The fourth-order valence-electron chi connectivity index (χ4n) is 3.87. The van der Waals surface area contributed by atoms with Crippen LogP contribution in [0.15, 0.2) is 36.5 Å². The van der Waals surface area contributed by atoms with Crippen LogP contribution in [0.1, 0.15) is 52.0 Å². The number of carbonyl (C=O) groups excluding carboxylic acids is 1. The third-order valence-electron chi connectivity index (χ3n) is 5.34. The lowest BCUT2D eigenvalue weighted by molar-refractivity contribution is 0.0870. The van der Waals surface area contributed by atoms with E-state index in [2.05, 4.69) is 22.4 Å². The monoisotopic (exact) mass is 357 g/mol. The maximum absolute atomic E-state index is 12.5. The number of ether oxygens (including phenoxy) is 1. The van der Waals surface area contributed by atoms with Gasteiger partial charge in [-0.2, -0.15) is 0 Å². The van der Waals surface area contributed by atoms with E-state index in [-0.39, 0.29) is 23.5 Å². The first kappa shape index (κ1) is 16.7. The number of carbonyl (C=O) groups is 1. The van der Waals surface area contributed by atoms with Crippen molar-refractivity contribution in [3.63, 3.8) is 0 Å². The number of rotatable bonds is 5. The summed E-state index contributed by atoms with van der Waals surface area (Å²) in [6, 6.07) is 10.5. The van der Waals surface area contributed by atoms with Gasteiger partial charge in [0.25, 0.3) is 5.91 Å². The van der Waals surface area contributed by atoms with Crippen LogP contribution >= 0.6 is 11.3 Å². The Bertz CT molecular complexity index is 734. The van der Waals surface area contributed by atoms with Crippen LogP contribution in [0.2, 0.25) is 0 Å². The van der Waals surface area contributed by atoms with Gasteiger partial charge in [-0.1, -0.05) is 30.3 Å². The number of nitrogens with two attached hydrogens (primary N) is 1. The molecule has 2 aliphatic rings. The molecule has 1 atom stereocenters. The van der Waals surface area contributed by atoms with Gasteiger partial charge in [0.05, 0.1) is 6.20 Å². The van der Waals surface area contributed by atoms with Crippen molar-refractivity contribution in [1.29, 1.82) is 0 Å². The summed E-state index contributed by atoms with van der Waals surface area (Å²) in [4.78, 5) is 17.5. The van der Waals surface area contributed by atoms with Crippen molar-refractivity contribution in [2.24, 2.45) is 5.73 Å². The first-order valence-corrected chi connectivity index (χ1v) is 9.66. The average Bonchev–Trinajstić information content (AvgIpc) is 3.29. The Kier molecular flexibility index (Phi) is 4.58. The molecule has 0 bridgehead atoms. The van der Waals surface area contributed by atoms with E-state index in [1.54, 1.807) is 6.20 Å². The van der Waals surface area contributed by atoms with Crippen molar-refractivity contribution < 1.29 is 9.53 Å². The molecule has 0 spiro atoms. The lowest BCUT2D eigenvalue weighted by Crippen LogP contribution is -2.56. The molecule has 1 saturated carbocycles. The van der Waals surface area contributed by atoms with Gasteiger partial charge in [0, 0.05) is 24.6 Å². The minimum Gasteiger partial charge on any atom is -0.371 e. The molecule has 132 valence electrons. The highest BCUT2D eigenvalue weighted by Gasteiger charge is 2.45. The molecule has 1 amide bonds. The van der Waals surface area contributed by atoms with Gasteiger partial charge >= 0.3 is 0 Å². The quantitative estimate of drug-likeness (QED) is 0.863. The maximum atomic E-state index is 12.5. The van der Waals surface area contributed by atoms with Crippen LogP contribution in [0, 0.1) is 0 Å². The Morgan fingerprint density at radius 3 is 2.84 bits per heavy atom. The predicted octanol–water partition coefficient (Wildman–Crippen LogP) is 2.78. The summed E-state index contributed by atoms with van der Waals surface area (Å²) >= 11 is 1.44. The smallest absolute Gasteiger partial charge is 0.263 e. The highest BCUT2D eigenvalue weighted by molar-refractivity contribution is 7.13. The van der Waals surface area contributed by atoms with E-state index in [1.165, 1.54) is 16.9 Å². The van der Waals surface area contributed by atoms with Crippen molar-refractivity contribution in [3.05, 3.63) is 52.0 Å². The van der Waals surface area contributed by atoms with Crippen LogP contribution in [-0.2, 0) is 10.2 Å². The topological polar surface area (TPSA) is 77.2 Å². The molecule has 1 saturated heterocycles. The molecule has 1 aromatic carbocycles. The standard InChI is InChI=1S/C19H23N3O2S/c20-12-19(13-5-2-1-3-6-13)9-14(10-19)22-17(23)16-11-21-18(25-16)15-7-4-8-24-15/h1-3,5-6,11,14-15H,4,7-10,12,20H2,(H,22,23)/t14?,15-,19?/m0/s1. The van der Waals surface area contributed by atoms with Crippen molar-refractivity contribution in [1.82, 2.24) is 10.3 Å². The Labute approximate surface area is 151 Å². The number of amides is 1. The fraction of sp³-hybridized carbons (Fsp3) is 0.474. The lowest BCUT2D eigenvalue weighted by atomic mass is 9.61. The highest BCUT2D eigenvalue weighted by atomic mass is 32.1. The first-order chi connectivity index (χ1) is 12.2. The summed E-state index contributed by atoms with van der Waals surface area (Å²) in [6.45, 7) is 1.39. The van der Waals surface area contributed by atoms with Gasteiger partial charge in [-0.25, -0.2) is 4.98 Å². The minimum atomic E-state index is -0.0366. The molecule has 2 aromatic rings. The van der Waals surface area contributed by atoms with E-state index in [0.29, 0.717) is 11.4 Å². The summed E-state index contributed by atoms with van der Waals surface area (Å²) in [6.07, 6.45) is 5.57. The molecule has 0 radical (unpaired) electrons. The van der Waals surface area contributed by atoms with Crippen LogP contribution in [0.25, 0.3) is 0 Å². The molecule has 2 heterocycles. The zero-order chi connectivity index (χ0) is 17.3. The van der Waals surface area contributed by atoms with Gasteiger partial charge in [0.2, 0.25) is 0 Å². The third-order valence-corrected chi connectivity index (χ3v) is 6.43. The highest BCUT2D eigenvalue weighted by Crippen LogP contribution is 2.43. The molecule has 25 heavy (non-hydrogen) atoms. The Morgan fingerprint density at radius 2 is 2.16 bits per heavy atom. The van der Waals surface area contributed by atoms with E-state index in [1.807, 2.05) is 18.2 Å². The molecule has 1 aliphatic heterocycles. The van der Waals surface area contributed by atoms with Gasteiger partial charge < -0.3 is 15.8 Å². The number of aromatic nitrogens is 1. The maximum Gasteiger partial charge on any atom is 0.263 e. The second-order valence-electron chi connectivity index (χ2n) is 6.99. The molecule has 4 rings (SSSR count). The van der Waals surface area contributed by atoms with Crippen LogP contribution in [0.3, 0.4) is 0 Å². The van der Waals surface area contributed by atoms with Crippen LogP contribution in [-0.4, -0.2) is 30.1 Å². The second-order valence-corrected chi connectivity index (χ2v) is 8.06. The lowest BCUT2D eigenvalue weighted by Gasteiger charge is -2.47. The summed E-state index contributed by atoms with van der Waals surface area (Å²) in [5, 5.41) is 4.04. The molecular weight excluding hydrogens is 334 g/mol. The number of nitrogens with one attached hydrogen (secondary N) is 1. The summed E-state index contributed by atoms with van der Waals surface area (Å²) < 4.78 is 5.64. The van der Waals surface area contributed by atoms with Crippen LogP contribution in [0.4, 0.5) is 0 Å².